The summed E-state index contributed by atoms with van der Waals surface area (Å²) in [6, 6.07) is 10.7. The molecule has 1 saturated heterocycles. The first kappa shape index (κ1) is 16.5. The van der Waals surface area contributed by atoms with Gasteiger partial charge in [0, 0.05) is 19.1 Å². The van der Waals surface area contributed by atoms with Crippen LogP contribution in [0.5, 0.6) is 0 Å². The molecule has 21 heavy (non-hydrogen) atoms. The Morgan fingerprint density at radius 3 is 2.67 bits per heavy atom. The van der Waals surface area contributed by atoms with E-state index in [0.29, 0.717) is 25.0 Å². The zero-order chi connectivity index (χ0) is 15.3. The second kappa shape index (κ2) is 7.38. The number of hydrogen-bond donors (Lipinski definition) is 1. The van der Waals surface area contributed by atoms with Crippen molar-refractivity contribution >= 4 is 10.0 Å². The molecule has 1 N–H and O–H groups in total. The number of piperidine rings is 1. The molecule has 1 fully saturated rings. The molecule has 0 bridgehead atoms. The first-order valence-electron chi connectivity index (χ1n) is 7.74. The van der Waals surface area contributed by atoms with Crippen LogP contribution in [0.25, 0.3) is 0 Å². The van der Waals surface area contributed by atoms with Gasteiger partial charge < -0.3 is 5.32 Å². The van der Waals surface area contributed by atoms with E-state index in [9.17, 15) is 8.42 Å². The number of hydrogen-bond acceptors (Lipinski definition) is 3. The number of nitrogens with one attached hydrogen (secondary N) is 1. The maximum atomic E-state index is 11.7. The molecule has 1 aromatic carbocycles. The van der Waals surface area contributed by atoms with E-state index in [0.717, 1.165) is 25.8 Å². The van der Waals surface area contributed by atoms with Crippen LogP contribution in [-0.2, 0) is 10.0 Å². The Bertz CT molecular complexity index is 530. The van der Waals surface area contributed by atoms with Crippen molar-refractivity contribution in [3.05, 3.63) is 35.9 Å². The van der Waals surface area contributed by atoms with Crippen LogP contribution in [0.1, 0.15) is 37.8 Å². The molecule has 2 unspecified atom stereocenters. The Balaban J connectivity index is 2.03. The molecule has 4 nitrogen and oxygen atoms in total. The molecule has 5 heteroatoms. The van der Waals surface area contributed by atoms with Gasteiger partial charge in [-0.25, -0.2) is 12.7 Å². The molecule has 0 aliphatic carbocycles. The summed E-state index contributed by atoms with van der Waals surface area (Å²) < 4.78 is 25.1. The van der Waals surface area contributed by atoms with Crippen molar-refractivity contribution in [3.8, 4) is 0 Å². The quantitative estimate of drug-likeness (QED) is 0.878. The summed E-state index contributed by atoms with van der Waals surface area (Å²) in [7, 11) is -3.06. The highest BCUT2D eigenvalue weighted by Crippen LogP contribution is 2.28. The molecule has 0 saturated carbocycles. The average molecular weight is 310 g/mol. The van der Waals surface area contributed by atoms with Crippen LogP contribution in [0.4, 0.5) is 0 Å². The third-order valence-corrected chi connectivity index (χ3v) is 5.44. The van der Waals surface area contributed by atoms with E-state index in [1.54, 1.807) is 4.31 Å². The number of rotatable bonds is 6. The zero-order valence-corrected chi connectivity index (χ0v) is 13.8. The normalized spacial score (nSPS) is 22.1. The average Bonchev–Trinajstić information content (AvgIpc) is 2.47. The molecule has 1 aliphatic rings. The molecule has 1 aromatic rings. The van der Waals surface area contributed by atoms with E-state index < -0.39 is 10.0 Å². The Kier molecular flexibility index (Phi) is 5.79. The molecule has 0 aromatic heterocycles. The van der Waals surface area contributed by atoms with Crippen molar-refractivity contribution in [1.82, 2.24) is 9.62 Å². The Hall–Kier alpha value is -0.910. The maximum absolute atomic E-state index is 11.7. The zero-order valence-electron chi connectivity index (χ0n) is 13.0. The van der Waals surface area contributed by atoms with Gasteiger partial charge in [-0.05, 0) is 37.3 Å². The monoisotopic (exact) mass is 310 g/mol. The van der Waals surface area contributed by atoms with Crippen molar-refractivity contribution < 1.29 is 8.42 Å². The third-order valence-electron chi connectivity index (χ3n) is 4.17. The van der Waals surface area contributed by atoms with Crippen LogP contribution in [0, 0.1) is 5.92 Å². The summed E-state index contributed by atoms with van der Waals surface area (Å²) in [5, 5.41) is 3.53. The van der Waals surface area contributed by atoms with E-state index in [2.05, 4.69) is 36.5 Å². The van der Waals surface area contributed by atoms with Gasteiger partial charge in [0.1, 0.15) is 0 Å². The standard InChI is InChI=1S/C16H26N2O2S/c1-3-17-16(15-9-5-4-6-10-15)12-14-8-7-11-18(13-14)21(2,19)20/h4-6,9-10,14,16-17H,3,7-8,11-13H2,1-2H3. The molecule has 1 aliphatic heterocycles. The molecular formula is C16H26N2O2S. The highest BCUT2D eigenvalue weighted by atomic mass is 32.2. The second-order valence-electron chi connectivity index (χ2n) is 5.89. The molecule has 2 atom stereocenters. The predicted molar refractivity (Wildman–Crippen MR) is 86.6 cm³/mol. The van der Waals surface area contributed by atoms with Gasteiger partial charge in [0.2, 0.25) is 10.0 Å². The second-order valence-corrected chi connectivity index (χ2v) is 7.87. The van der Waals surface area contributed by atoms with E-state index in [1.165, 1.54) is 11.8 Å². The van der Waals surface area contributed by atoms with Crippen molar-refractivity contribution in [2.75, 3.05) is 25.9 Å². The van der Waals surface area contributed by atoms with Crippen molar-refractivity contribution in [1.29, 1.82) is 0 Å². The summed E-state index contributed by atoms with van der Waals surface area (Å²) in [6.45, 7) is 4.36. The van der Waals surface area contributed by atoms with Gasteiger partial charge in [0.05, 0.1) is 6.26 Å². The van der Waals surface area contributed by atoms with Crippen LogP contribution in [0.3, 0.4) is 0 Å². The lowest BCUT2D eigenvalue weighted by Crippen LogP contribution is -2.40. The lowest BCUT2D eigenvalue weighted by atomic mass is 9.89. The topological polar surface area (TPSA) is 49.4 Å². The summed E-state index contributed by atoms with van der Waals surface area (Å²) in [5.74, 6) is 0.428. The van der Waals surface area contributed by atoms with Gasteiger partial charge in [0.15, 0.2) is 0 Å². The van der Waals surface area contributed by atoms with Crippen LogP contribution in [0.2, 0.25) is 0 Å². The molecule has 0 spiro atoms. The van der Waals surface area contributed by atoms with Crippen LogP contribution in [-0.4, -0.2) is 38.6 Å². The van der Waals surface area contributed by atoms with Crippen LogP contribution in [0.15, 0.2) is 30.3 Å². The Labute approximate surface area is 128 Å². The van der Waals surface area contributed by atoms with Gasteiger partial charge in [-0.3, -0.25) is 0 Å². The minimum atomic E-state index is -3.06. The van der Waals surface area contributed by atoms with E-state index in [4.69, 9.17) is 0 Å². The molecule has 118 valence electrons. The Morgan fingerprint density at radius 1 is 1.33 bits per heavy atom. The van der Waals surface area contributed by atoms with E-state index >= 15 is 0 Å². The fourth-order valence-electron chi connectivity index (χ4n) is 3.12. The summed E-state index contributed by atoms with van der Waals surface area (Å²) in [5.41, 5.74) is 1.29. The first-order valence-corrected chi connectivity index (χ1v) is 9.59. The molecular weight excluding hydrogens is 284 g/mol. The van der Waals surface area contributed by atoms with Gasteiger partial charge in [0.25, 0.3) is 0 Å². The van der Waals surface area contributed by atoms with E-state index in [1.807, 2.05) is 6.07 Å². The number of nitrogens with zero attached hydrogens (tertiary/aromatic N) is 1. The number of sulfonamides is 1. The summed E-state index contributed by atoms with van der Waals surface area (Å²) >= 11 is 0. The minimum absolute atomic E-state index is 0.306. The SMILES string of the molecule is CCNC(CC1CCCN(S(C)(=O)=O)C1)c1ccccc1. The highest BCUT2D eigenvalue weighted by Gasteiger charge is 2.27. The van der Waals surface area contributed by atoms with Crippen molar-refractivity contribution in [2.24, 2.45) is 5.92 Å². The summed E-state index contributed by atoms with van der Waals surface area (Å²) in [4.78, 5) is 0. The van der Waals surface area contributed by atoms with Gasteiger partial charge in [-0.1, -0.05) is 37.3 Å². The van der Waals surface area contributed by atoms with E-state index in [-0.39, 0.29) is 0 Å². The van der Waals surface area contributed by atoms with Crippen molar-refractivity contribution in [3.63, 3.8) is 0 Å². The van der Waals surface area contributed by atoms with Gasteiger partial charge in [-0.2, -0.15) is 0 Å². The summed E-state index contributed by atoms with van der Waals surface area (Å²) in [6.07, 6.45) is 4.38. The van der Waals surface area contributed by atoms with Gasteiger partial charge in [-0.15, -0.1) is 0 Å². The lowest BCUT2D eigenvalue weighted by Gasteiger charge is -2.33. The smallest absolute Gasteiger partial charge is 0.211 e. The van der Waals surface area contributed by atoms with Gasteiger partial charge >= 0.3 is 0 Å². The predicted octanol–water partition coefficient (Wildman–Crippen LogP) is 2.40. The molecule has 1 heterocycles. The first-order chi connectivity index (χ1) is 10.0. The molecule has 0 radical (unpaired) electrons. The number of benzene rings is 1. The highest BCUT2D eigenvalue weighted by molar-refractivity contribution is 7.88. The maximum Gasteiger partial charge on any atom is 0.211 e. The van der Waals surface area contributed by atoms with Crippen molar-refractivity contribution in [2.45, 2.75) is 32.2 Å². The Morgan fingerprint density at radius 2 is 2.05 bits per heavy atom. The fraction of sp³-hybridized carbons (Fsp3) is 0.625. The fourth-order valence-corrected chi connectivity index (χ4v) is 4.07. The molecule has 0 amide bonds. The third kappa shape index (κ3) is 4.80. The lowest BCUT2D eigenvalue weighted by molar-refractivity contribution is 0.239. The largest absolute Gasteiger partial charge is 0.310 e. The van der Waals surface area contributed by atoms with Crippen LogP contribution >= 0.6 is 0 Å². The van der Waals surface area contributed by atoms with Crippen LogP contribution < -0.4 is 5.32 Å². The molecule has 2 rings (SSSR count). The minimum Gasteiger partial charge on any atom is -0.310 e.